The molecule has 1 aliphatic rings. The first kappa shape index (κ1) is 6.40. The van der Waals surface area contributed by atoms with Gasteiger partial charge in [-0.1, -0.05) is 20.1 Å². The third-order valence-corrected chi connectivity index (χ3v) is 1.71. The van der Waals surface area contributed by atoms with Gasteiger partial charge >= 0.3 is 0 Å². The van der Waals surface area contributed by atoms with Crippen LogP contribution in [0.5, 0.6) is 0 Å². The van der Waals surface area contributed by atoms with Gasteiger partial charge in [0, 0.05) is 18.8 Å². The van der Waals surface area contributed by atoms with E-state index in [-0.39, 0.29) is 0 Å². The highest BCUT2D eigenvalue weighted by Crippen LogP contribution is 2.18. The van der Waals surface area contributed by atoms with E-state index in [1.54, 1.807) is 0 Å². The fraction of sp³-hybridized carbons (Fsp3) is 0.500. The second-order valence-corrected chi connectivity index (χ2v) is 2.71. The van der Waals surface area contributed by atoms with Crippen molar-refractivity contribution in [3.05, 3.63) is 24.9 Å². The first-order chi connectivity index (χ1) is 4.24. The molecule has 0 atom stereocenters. The Bertz CT molecular complexity index is 132. The third-order valence-electron chi connectivity index (χ3n) is 1.71. The zero-order chi connectivity index (χ0) is 6.85. The molecule has 0 unspecified atom stereocenters. The van der Waals surface area contributed by atoms with Crippen LogP contribution in [0.3, 0.4) is 0 Å². The number of nitrogens with zero attached hydrogens (tertiary/aromatic N) is 1. The summed E-state index contributed by atoms with van der Waals surface area (Å²) in [6.45, 7) is 12.0. The zero-order valence-corrected chi connectivity index (χ0v) is 5.93. The molecule has 0 aromatic carbocycles. The minimum absolute atomic E-state index is 0.849. The molecule has 0 aromatic rings. The SMILES string of the molecule is C=CC(=C)N1CC(C)C1. The van der Waals surface area contributed by atoms with E-state index in [1.807, 2.05) is 6.08 Å². The number of rotatable bonds is 2. The number of hydrogen-bond acceptors (Lipinski definition) is 1. The molecule has 0 bridgehead atoms. The lowest BCUT2D eigenvalue weighted by Crippen LogP contribution is -2.43. The molecule has 0 radical (unpaired) electrons. The third kappa shape index (κ3) is 1.15. The summed E-state index contributed by atoms with van der Waals surface area (Å²) in [5.74, 6) is 0.849. The van der Waals surface area contributed by atoms with Crippen molar-refractivity contribution in [3.63, 3.8) is 0 Å². The molecule has 0 aliphatic carbocycles. The van der Waals surface area contributed by atoms with Gasteiger partial charge in [0.2, 0.25) is 0 Å². The number of hydrogen-bond donors (Lipinski definition) is 0. The van der Waals surface area contributed by atoms with Crippen LogP contribution in [0.2, 0.25) is 0 Å². The number of allylic oxidation sites excluding steroid dienone is 1. The Kier molecular flexibility index (Phi) is 1.60. The molecule has 1 rings (SSSR count). The Morgan fingerprint density at radius 3 is 2.56 bits per heavy atom. The fourth-order valence-electron chi connectivity index (χ4n) is 1.06. The highest BCUT2D eigenvalue weighted by atomic mass is 15.2. The van der Waals surface area contributed by atoms with E-state index >= 15 is 0 Å². The van der Waals surface area contributed by atoms with Gasteiger partial charge in [0.05, 0.1) is 0 Å². The van der Waals surface area contributed by atoms with Crippen LogP contribution in [-0.4, -0.2) is 18.0 Å². The molecule has 1 saturated heterocycles. The van der Waals surface area contributed by atoms with Crippen molar-refractivity contribution in [2.24, 2.45) is 5.92 Å². The van der Waals surface area contributed by atoms with Crippen molar-refractivity contribution >= 4 is 0 Å². The van der Waals surface area contributed by atoms with Crippen molar-refractivity contribution in [1.29, 1.82) is 0 Å². The fourth-order valence-corrected chi connectivity index (χ4v) is 1.06. The molecule has 1 heterocycles. The summed E-state index contributed by atoms with van der Waals surface area (Å²) in [4.78, 5) is 2.23. The molecule has 0 saturated carbocycles. The molecule has 0 amide bonds. The highest BCUT2D eigenvalue weighted by Gasteiger charge is 2.21. The van der Waals surface area contributed by atoms with Crippen molar-refractivity contribution in [2.45, 2.75) is 6.92 Å². The average molecular weight is 123 g/mol. The normalized spacial score (nSPS) is 19.0. The van der Waals surface area contributed by atoms with Crippen LogP contribution in [0.1, 0.15) is 6.92 Å². The van der Waals surface area contributed by atoms with E-state index in [9.17, 15) is 0 Å². The van der Waals surface area contributed by atoms with Crippen LogP contribution >= 0.6 is 0 Å². The summed E-state index contributed by atoms with van der Waals surface area (Å²) < 4.78 is 0. The minimum atomic E-state index is 0.849. The van der Waals surface area contributed by atoms with Gasteiger partial charge in [-0.15, -0.1) is 0 Å². The predicted octanol–water partition coefficient (Wildman–Crippen LogP) is 1.64. The van der Waals surface area contributed by atoms with Crippen LogP contribution in [-0.2, 0) is 0 Å². The summed E-state index contributed by atoms with van der Waals surface area (Å²) in [7, 11) is 0. The van der Waals surface area contributed by atoms with Gasteiger partial charge in [-0.3, -0.25) is 0 Å². The van der Waals surface area contributed by atoms with Gasteiger partial charge in [0.1, 0.15) is 0 Å². The summed E-state index contributed by atoms with van der Waals surface area (Å²) >= 11 is 0. The topological polar surface area (TPSA) is 3.24 Å². The van der Waals surface area contributed by atoms with Gasteiger partial charge in [0.15, 0.2) is 0 Å². The van der Waals surface area contributed by atoms with Gasteiger partial charge < -0.3 is 4.90 Å². The van der Waals surface area contributed by atoms with E-state index < -0.39 is 0 Å². The molecule has 0 aromatic heterocycles. The average Bonchev–Trinajstić information content (AvgIpc) is 1.79. The minimum Gasteiger partial charge on any atom is -0.371 e. The molecule has 50 valence electrons. The highest BCUT2D eigenvalue weighted by molar-refractivity contribution is 5.12. The Hall–Kier alpha value is -0.720. The van der Waals surface area contributed by atoms with E-state index in [1.165, 1.54) is 0 Å². The maximum absolute atomic E-state index is 3.84. The summed E-state index contributed by atoms with van der Waals surface area (Å²) in [5.41, 5.74) is 1.06. The lowest BCUT2D eigenvalue weighted by atomic mass is 10.0. The second kappa shape index (κ2) is 2.26. The Labute approximate surface area is 56.7 Å². The summed E-state index contributed by atoms with van der Waals surface area (Å²) in [6, 6.07) is 0. The molecule has 9 heavy (non-hydrogen) atoms. The Balaban J connectivity index is 2.31. The van der Waals surface area contributed by atoms with Crippen molar-refractivity contribution in [3.8, 4) is 0 Å². The Morgan fingerprint density at radius 1 is 1.67 bits per heavy atom. The Morgan fingerprint density at radius 2 is 2.22 bits per heavy atom. The smallest absolute Gasteiger partial charge is 0.0287 e. The van der Waals surface area contributed by atoms with Crippen molar-refractivity contribution in [1.82, 2.24) is 4.90 Å². The molecule has 1 nitrogen and oxygen atoms in total. The molecule has 1 heteroatoms. The molecule has 0 N–H and O–H groups in total. The van der Waals surface area contributed by atoms with Crippen molar-refractivity contribution < 1.29 is 0 Å². The van der Waals surface area contributed by atoms with E-state index in [0.29, 0.717) is 0 Å². The van der Waals surface area contributed by atoms with Crippen molar-refractivity contribution in [2.75, 3.05) is 13.1 Å². The van der Waals surface area contributed by atoms with Crippen LogP contribution in [0.4, 0.5) is 0 Å². The predicted molar refractivity (Wildman–Crippen MR) is 40.1 cm³/mol. The zero-order valence-electron chi connectivity index (χ0n) is 5.93. The lowest BCUT2D eigenvalue weighted by Gasteiger charge is -2.39. The molecular weight excluding hydrogens is 110 g/mol. The monoisotopic (exact) mass is 123 g/mol. The van der Waals surface area contributed by atoms with E-state index in [0.717, 1.165) is 24.7 Å². The van der Waals surface area contributed by atoms with Crippen LogP contribution in [0.25, 0.3) is 0 Å². The quantitative estimate of drug-likeness (QED) is 0.504. The summed E-state index contributed by atoms with van der Waals surface area (Å²) in [6.07, 6.45) is 1.81. The molecule has 1 aliphatic heterocycles. The van der Waals surface area contributed by atoms with Gasteiger partial charge in [-0.25, -0.2) is 0 Å². The van der Waals surface area contributed by atoms with Crippen LogP contribution < -0.4 is 0 Å². The maximum Gasteiger partial charge on any atom is 0.0287 e. The van der Waals surface area contributed by atoms with Gasteiger partial charge in [0.25, 0.3) is 0 Å². The molecular formula is C8H13N. The first-order valence-corrected chi connectivity index (χ1v) is 3.30. The number of likely N-dealkylation sites (tertiary alicyclic amines) is 1. The van der Waals surface area contributed by atoms with Crippen LogP contribution in [0.15, 0.2) is 24.9 Å². The second-order valence-electron chi connectivity index (χ2n) is 2.71. The lowest BCUT2D eigenvalue weighted by molar-refractivity contribution is 0.164. The van der Waals surface area contributed by atoms with Crippen LogP contribution in [0, 0.1) is 5.92 Å². The summed E-state index contributed by atoms with van der Waals surface area (Å²) in [5, 5.41) is 0. The molecule has 0 spiro atoms. The van der Waals surface area contributed by atoms with Gasteiger partial charge in [-0.05, 0) is 12.0 Å². The largest absolute Gasteiger partial charge is 0.371 e. The standard InChI is InChI=1S/C8H13N/c1-4-8(3)9-5-7(2)6-9/h4,7H,1,3,5-6H2,2H3. The van der Waals surface area contributed by atoms with Gasteiger partial charge in [-0.2, -0.15) is 0 Å². The first-order valence-electron chi connectivity index (χ1n) is 3.30. The van der Waals surface area contributed by atoms with E-state index in [2.05, 4.69) is 25.0 Å². The maximum atomic E-state index is 3.84. The molecule has 1 fully saturated rings. The van der Waals surface area contributed by atoms with E-state index in [4.69, 9.17) is 0 Å².